The standard InChI is InChI=1S/C24H30N2O/c1-4-5-6-13-27-19-9-7-18(8-10-19)23-24-20(11-12-25-23)22-17(3)14-16(2)15-21(22)26-24/h7-10,14-15,23,25-26H,4-6,11-13H2,1-3H3. The number of aromatic amines is 1. The van der Waals surface area contributed by atoms with E-state index >= 15 is 0 Å². The molecule has 0 fully saturated rings. The normalized spacial score (nSPS) is 16.5. The van der Waals surface area contributed by atoms with E-state index in [1.54, 1.807) is 0 Å². The summed E-state index contributed by atoms with van der Waals surface area (Å²) in [5, 5.41) is 5.11. The smallest absolute Gasteiger partial charge is 0.119 e. The highest BCUT2D eigenvalue weighted by atomic mass is 16.5. The van der Waals surface area contributed by atoms with E-state index in [0.717, 1.165) is 31.7 Å². The van der Waals surface area contributed by atoms with E-state index in [1.165, 1.54) is 51.7 Å². The zero-order valence-corrected chi connectivity index (χ0v) is 16.7. The second kappa shape index (κ2) is 7.77. The van der Waals surface area contributed by atoms with Gasteiger partial charge in [-0.05, 0) is 67.1 Å². The molecule has 3 aromatic rings. The minimum absolute atomic E-state index is 0.218. The van der Waals surface area contributed by atoms with Gasteiger partial charge in [0.1, 0.15) is 5.75 Å². The van der Waals surface area contributed by atoms with Crippen molar-refractivity contribution in [3.8, 4) is 5.75 Å². The highest BCUT2D eigenvalue weighted by molar-refractivity contribution is 5.89. The lowest BCUT2D eigenvalue weighted by Crippen LogP contribution is -2.30. The SMILES string of the molecule is CCCCCOc1ccc(C2NCCc3c2[nH]c2cc(C)cc(C)c32)cc1. The minimum atomic E-state index is 0.218. The number of H-pyrrole nitrogens is 1. The monoisotopic (exact) mass is 362 g/mol. The van der Waals surface area contributed by atoms with Gasteiger partial charge in [0, 0.05) is 23.1 Å². The van der Waals surface area contributed by atoms with Crippen molar-refractivity contribution >= 4 is 10.9 Å². The van der Waals surface area contributed by atoms with E-state index < -0.39 is 0 Å². The summed E-state index contributed by atoms with van der Waals surface area (Å²) in [6.45, 7) is 8.42. The lowest BCUT2D eigenvalue weighted by Gasteiger charge is -2.25. The van der Waals surface area contributed by atoms with Crippen LogP contribution < -0.4 is 10.1 Å². The lowest BCUT2D eigenvalue weighted by atomic mass is 9.93. The third-order valence-corrected chi connectivity index (χ3v) is 5.62. The average molecular weight is 363 g/mol. The third kappa shape index (κ3) is 3.61. The Bertz CT molecular complexity index is 924. The molecule has 0 radical (unpaired) electrons. The molecule has 3 heteroatoms. The Kier molecular flexibility index (Phi) is 5.22. The Morgan fingerprint density at radius 2 is 1.89 bits per heavy atom. The number of aryl methyl sites for hydroxylation is 2. The van der Waals surface area contributed by atoms with Crippen molar-refractivity contribution in [2.75, 3.05) is 13.2 Å². The molecule has 0 bridgehead atoms. The maximum absolute atomic E-state index is 5.87. The van der Waals surface area contributed by atoms with Crippen LogP contribution in [0.25, 0.3) is 10.9 Å². The summed E-state index contributed by atoms with van der Waals surface area (Å²) in [4.78, 5) is 3.72. The van der Waals surface area contributed by atoms with Gasteiger partial charge in [-0.15, -0.1) is 0 Å². The van der Waals surface area contributed by atoms with Gasteiger partial charge in [0.15, 0.2) is 0 Å². The zero-order valence-electron chi connectivity index (χ0n) is 16.7. The first kappa shape index (κ1) is 18.1. The van der Waals surface area contributed by atoms with Crippen LogP contribution in [0.2, 0.25) is 0 Å². The molecule has 0 spiro atoms. The van der Waals surface area contributed by atoms with Gasteiger partial charge >= 0.3 is 0 Å². The largest absolute Gasteiger partial charge is 0.494 e. The molecule has 2 aromatic carbocycles. The maximum atomic E-state index is 5.87. The fourth-order valence-electron chi connectivity index (χ4n) is 4.35. The molecule has 1 aliphatic heterocycles. The lowest BCUT2D eigenvalue weighted by molar-refractivity contribution is 0.306. The van der Waals surface area contributed by atoms with Crippen molar-refractivity contribution < 1.29 is 4.74 Å². The molecule has 27 heavy (non-hydrogen) atoms. The van der Waals surface area contributed by atoms with Gasteiger partial charge in [-0.25, -0.2) is 0 Å². The van der Waals surface area contributed by atoms with Gasteiger partial charge in [0.05, 0.1) is 12.6 Å². The molecule has 1 unspecified atom stereocenters. The molecule has 1 aliphatic rings. The predicted molar refractivity (Wildman–Crippen MR) is 113 cm³/mol. The number of rotatable bonds is 6. The van der Waals surface area contributed by atoms with Crippen molar-refractivity contribution in [3.05, 3.63) is 64.3 Å². The summed E-state index contributed by atoms with van der Waals surface area (Å²) >= 11 is 0. The van der Waals surface area contributed by atoms with Gasteiger partial charge < -0.3 is 15.0 Å². The zero-order chi connectivity index (χ0) is 18.8. The number of fused-ring (bicyclic) bond motifs is 3. The summed E-state index contributed by atoms with van der Waals surface area (Å²) in [6.07, 6.45) is 4.65. The molecular formula is C24H30N2O. The summed E-state index contributed by atoms with van der Waals surface area (Å²) in [5.74, 6) is 0.967. The average Bonchev–Trinajstić information content (AvgIpc) is 3.04. The molecule has 1 aromatic heterocycles. The summed E-state index contributed by atoms with van der Waals surface area (Å²) < 4.78 is 5.87. The number of benzene rings is 2. The Labute approximate surface area is 162 Å². The predicted octanol–water partition coefficient (Wildman–Crippen LogP) is 5.59. The van der Waals surface area contributed by atoms with Crippen LogP contribution in [-0.4, -0.2) is 18.1 Å². The highest BCUT2D eigenvalue weighted by Crippen LogP contribution is 2.35. The van der Waals surface area contributed by atoms with Crippen molar-refractivity contribution in [3.63, 3.8) is 0 Å². The van der Waals surface area contributed by atoms with Gasteiger partial charge in [0.25, 0.3) is 0 Å². The van der Waals surface area contributed by atoms with Crippen LogP contribution in [0.3, 0.4) is 0 Å². The number of ether oxygens (including phenoxy) is 1. The van der Waals surface area contributed by atoms with Crippen molar-refractivity contribution in [2.45, 2.75) is 52.5 Å². The molecule has 2 heterocycles. The molecule has 0 saturated heterocycles. The molecule has 2 N–H and O–H groups in total. The fourth-order valence-corrected chi connectivity index (χ4v) is 4.35. The highest BCUT2D eigenvalue weighted by Gasteiger charge is 2.25. The van der Waals surface area contributed by atoms with Crippen LogP contribution in [-0.2, 0) is 6.42 Å². The summed E-state index contributed by atoms with van der Waals surface area (Å²) in [5.41, 5.74) is 8.04. The molecule has 0 aliphatic carbocycles. The van der Waals surface area contributed by atoms with Crippen LogP contribution in [0, 0.1) is 13.8 Å². The van der Waals surface area contributed by atoms with Crippen molar-refractivity contribution in [1.29, 1.82) is 0 Å². The van der Waals surface area contributed by atoms with Crippen LogP contribution in [0.1, 0.15) is 60.2 Å². The Morgan fingerprint density at radius 3 is 2.67 bits per heavy atom. The van der Waals surface area contributed by atoms with Crippen LogP contribution >= 0.6 is 0 Å². The molecule has 142 valence electrons. The van der Waals surface area contributed by atoms with E-state index in [9.17, 15) is 0 Å². The van der Waals surface area contributed by atoms with Crippen molar-refractivity contribution in [1.82, 2.24) is 10.3 Å². The van der Waals surface area contributed by atoms with E-state index in [1.807, 2.05) is 0 Å². The first-order chi connectivity index (χ1) is 13.2. The van der Waals surface area contributed by atoms with Crippen LogP contribution in [0.4, 0.5) is 0 Å². The van der Waals surface area contributed by atoms with Gasteiger partial charge in [-0.3, -0.25) is 0 Å². The van der Waals surface area contributed by atoms with Gasteiger partial charge in [-0.2, -0.15) is 0 Å². The third-order valence-electron chi connectivity index (χ3n) is 5.62. The molecule has 3 nitrogen and oxygen atoms in total. The van der Waals surface area contributed by atoms with E-state index in [0.29, 0.717) is 0 Å². The number of hydrogen-bond donors (Lipinski definition) is 2. The second-order valence-electron chi connectivity index (χ2n) is 7.78. The molecule has 0 saturated carbocycles. The first-order valence-corrected chi connectivity index (χ1v) is 10.2. The van der Waals surface area contributed by atoms with E-state index in [2.05, 4.69) is 67.5 Å². The Hall–Kier alpha value is -2.26. The van der Waals surface area contributed by atoms with E-state index in [-0.39, 0.29) is 6.04 Å². The van der Waals surface area contributed by atoms with E-state index in [4.69, 9.17) is 4.74 Å². The number of unbranched alkanes of at least 4 members (excludes halogenated alkanes) is 2. The summed E-state index contributed by atoms with van der Waals surface area (Å²) in [6, 6.07) is 13.4. The number of aromatic nitrogens is 1. The molecule has 1 atom stereocenters. The summed E-state index contributed by atoms with van der Waals surface area (Å²) in [7, 11) is 0. The quantitative estimate of drug-likeness (QED) is 0.561. The molecule has 4 rings (SSSR count). The Balaban J connectivity index is 1.60. The Morgan fingerprint density at radius 1 is 1.07 bits per heavy atom. The van der Waals surface area contributed by atoms with Gasteiger partial charge in [-0.1, -0.05) is 38.0 Å². The number of hydrogen-bond acceptors (Lipinski definition) is 2. The second-order valence-corrected chi connectivity index (χ2v) is 7.78. The minimum Gasteiger partial charge on any atom is -0.494 e. The maximum Gasteiger partial charge on any atom is 0.119 e. The van der Waals surface area contributed by atoms with Gasteiger partial charge in [0.2, 0.25) is 0 Å². The fraction of sp³-hybridized carbons (Fsp3) is 0.417. The van der Waals surface area contributed by atoms with Crippen LogP contribution in [0.15, 0.2) is 36.4 Å². The van der Waals surface area contributed by atoms with Crippen LogP contribution in [0.5, 0.6) is 5.75 Å². The molecule has 0 amide bonds. The number of nitrogens with one attached hydrogen (secondary N) is 2. The molecular weight excluding hydrogens is 332 g/mol. The van der Waals surface area contributed by atoms with Crippen molar-refractivity contribution in [2.24, 2.45) is 0 Å². The topological polar surface area (TPSA) is 37.0 Å². The first-order valence-electron chi connectivity index (χ1n) is 10.2.